The summed E-state index contributed by atoms with van der Waals surface area (Å²) in [5.41, 5.74) is 7.19. The third-order valence-corrected chi connectivity index (χ3v) is 11.6. The van der Waals surface area contributed by atoms with Crippen LogP contribution in [0, 0.1) is 0 Å². The molecule has 1 heterocycles. The first-order valence-electron chi connectivity index (χ1n) is 15.3. The van der Waals surface area contributed by atoms with E-state index in [0.717, 1.165) is 78.0 Å². The van der Waals surface area contributed by atoms with Gasteiger partial charge in [0.25, 0.3) is 0 Å². The van der Waals surface area contributed by atoms with E-state index in [0.29, 0.717) is 0 Å². The van der Waals surface area contributed by atoms with Crippen molar-refractivity contribution in [3.8, 4) is 33.8 Å². The van der Waals surface area contributed by atoms with Gasteiger partial charge >= 0.3 is 6.80 Å². The maximum Gasteiger partial charge on any atom is 0.361 e. The van der Waals surface area contributed by atoms with Gasteiger partial charge in [-0.25, -0.2) is 0 Å². The first-order chi connectivity index (χ1) is 23.0. The van der Waals surface area contributed by atoms with E-state index < -0.39 is 6.80 Å². The molecule has 8 rings (SSSR count). The Kier molecular flexibility index (Phi) is 7.17. The van der Waals surface area contributed by atoms with E-state index in [9.17, 15) is 0 Å². The Bertz CT molecular complexity index is 2170. The number of ether oxygens (including phenoxy) is 2. The van der Waals surface area contributed by atoms with Crippen LogP contribution in [0.3, 0.4) is 0 Å². The van der Waals surface area contributed by atoms with Crippen molar-refractivity contribution >= 4 is 62.3 Å². The van der Waals surface area contributed by atoms with Crippen molar-refractivity contribution in [1.29, 1.82) is 0 Å². The molecule has 0 unspecified atom stereocenters. The molecule has 7 heteroatoms. The number of para-hydroxylation sites is 2. The standard InChI is InChI=1S/C40H30ClN2O3P/c1-45-31-23-19-27(20-24-31)33-13-5-9-29-11-7-17-37(39(29)33)42-35-15-3-4-16-36(35)43(47(42,41)44)38-18-8-12-30-10-6-14-34(40(30)38)28-21-25-32(46-2)26-22-28/h3-26H,1-2H3. The van der Waals surface area contributed by atoms with Gasteiger partial charge in [0.2, 0.25) is 0 Å². The van der Waals surface area contributed by atoms with Crippen molar-refractivity contribution in [2.45, 2.75) is 0 Å². The fraction of sp³-hybridized carbons (Fsp3) is 0.0500. The van der Waals surface area contributed by atoms with Gasteiger partial charge in [0.05, 0.1) is 37.0 Å². The van der Waals surface area contributed by atoms with Crippen molar-refractivity contribution in [3.05, 3.63) is 146 Å². The van der Waals surface area contributed by atoms with E-state index in [-0.39, 0.29) is 0 Å². The monoisotopic (exact) mass is 652 g/mol. The molecule has 0 saturated heterocycles. The van der Waals surface area contributed by atoms with Crippen molar-refractivity contribution in [3.63, 3.8) is 0 Å². The van der Waals surface area contributed by atoms with Crippen LogP contribution in [0.2, 0.25) is 0 Å². The van der Waals surface area contributed by atoms with Crippen molar-refractivity contribution in [2.24, 2.45) is 0 Å². The summed E-state index contributed by atoms with van der Waals surface area (Å²) in [5, 5.41) is 3.98. The molecule has 0 fully saturated rings. The van der Waals surface area contributed by atoms with Gasteiger partial charge in [-0.3, -0.25) is 13.9 Å². The lowest BCUT2D eigenvalue weighted by atomic mass is 9.96. The molecule has 1 aliphatic heterocycles. The molecule has 0 aliphatic carbocycles. The predicted octanol–water partition coefficient (Wildman–Crippen LogP) is 12.0. The lowest BCUT2D eigenvalue weighted by molar-refractivity contribution is 0.415. The summed E-state index contributed by atoms with van der Waals surface area (Å²) in [6, 6.07) is 48.6. The smallest absolute Gasteiger partial charge is 0.361 e. The lowest BCUT2D eigenvalue weighted by Crippen LogP contribution is -2.14. The van der Waals surface area contributed by atoms with E-state index >= 15 is 4.57 Å². The molecule has 7 aromatic carbocycles. The molecule has 5 nitrogen and oxygen atoms in total. The van der Waals surface area contributed by atoms with E-state index in [1.165, 1.54) is 0 Å². The number of hydrogen-bond acceptors (Lipinski definition) is 3. The number of methoxy groups -OCH3 is 2. The van der Waals surface area contributed by atoms with Crippen LogP contribution in [-0.2, 0) is 4.57 Å². The minimum Gasteiger partial charge on any atom is -0.497 e. The molecule has 0 aromatic heterocycles. The largest absolute Gasteiger partial charge is 0.497 e. The third-order valence-electron chi connectivity index (χ3n) is 8.86. The van der Waals surface area contributed by atoms with Gasteiger partial charge in [0, 0.05) is 10.8 Å². The van der Waals surface area contributed by atoms with Gasteiger partial charge in [-0.15, -0.1) is 0 Å². The zero-order valence-corrected chi connectivity index (χ0v) is 27.5. The number of hydrogen-bond donors (Lipinski definition) is 0. The molecule has 1 aliphatic rings. The summed E-state index contributed by atoms with van der Waals surface area (Å²) in [6.45, 7) is -3.85. The SMILES string of the molecule is COc1ccc(-c2cccc3cccc(N4c5ccccc5N(c5cccc6cccc(-c7ccc(OC)cc7)c56)P4(=O)Cl)c23)cc1. The van der Waals surface area contributed by atoms with E-state index in [4.69, 9.17) is 20.7 Å². The third kappa shape index (κ3) is 4.74. The Labute approximate surface area is 278 Å². The van der Waals surface area contributed by atoms with Gasteiger partial charge in [-0.05, 0) is 92.8 Å². The highest BCUT2D eigenvalue weighted by Crippen LogP contribution is 2.74. The second-order valence-corrected chi connectivity index (χ2v) is 14.5. The topological polar surface area (TPSA) is 42.0 Å². The molecule has 0 saturated carbocycles. The van der Waals surface area contributed by atoms with Gasteiger partial charge < -0.3 is 9.47 Å². The Balaban J connectivity index is 1.36. The first-order valence-corrected chi connectivity index (χ1v) is 17.8. The quantitative estimate of drug-likeness (QED) is 0.167. The summed E-state index contributed by atoms with van der Waals surface area (Å²) in [5.74, 6) is 1.57. The minimum absolute atomic E-state index is 0.776. The van der Waals surface area contributed by atoms with Gasteiger partial charge in [-0.1, -0.05) is 97.1 Å². The second-order valence-electron chi connectivity index (χ2n) is 11.4. The number of nitrogens with zero attached hydrogens (tertiary/aromatic N) is 2. The average molecular weight is 653 g/mol. The van der Waals surface area contributed by atoms with E-state index in [1.807, 2.05) is 119 Å². The summed E-state index contributed by atoms with van der Waals surface area (Å²) in [7, 11) is 3.32. The number of halogens is 1. The fourth-order valence-corrected chi connectivity index (χ4v) is 9.61. The fourth-order valence-electron chi connectivity index (χ4n) is 6.72. The average Bonchev–Trinajstić information content (AvgIpc) is 3.36. The second kappa shape index (κ2) is 11.5. The Morgan fingerprint density at radius 2 is 0.830 bits per heavy atom. The minimum atomic E-state index is -3.85. The number of benzene rings is 7. The highest BCUT2D eigenvalue weighted by atomic mass is 35.7. The molecule has 47 heavy (non-hydrogen) atoms. The molecule has 0 radical (unpaired) electrons. The van der Waals surface area contributed by atoms with Crippen molar-refractivity contribution < 1.29 is 14.0 Å². The molecular formula is C40H30ClN2O3P. The summed E-state index contributed by atoms with van der Waals surface area (Å²) in [6.07, 6.45) is 0. The predicted molar refractivity (Wildman–Crippen MR) is 196 cm³/mol. The zero-order chi connectivity index (χ0) is 32.1. The highest BCUT2D eigenvalue weighted by molar-refractivity contribution is 7.92. The zero-order valence-electron chi connectivity index (χ0n) is 25.8. The molecule has 0 bridgehead atoms. The maximum atomic E-state index is 15.5. The summed E-state index contributed by atoms with van der Waals surface area (Å²) < 4.78 is 30.0. The highest BCUT2D eigenvalue weighted by Gasteiger charge is 2.47. The normalized spacial score (nSPS) is 13.6. The van der Waals surface area contributed by atoms with Gasteiger partial charge in [0.15, 0.2) is 0 Å². The lowest BCUT2D eigenvalue weighted by Gasteiger charge is -2.30. The van der Waals surface area contributed by atoms with Crippen molar-refractivity contribution in [1.82, 2.24) is 0 Å². The van der Waals surface area contributed by atoms with Crippen LogP contribution < -0.4 is 18.8 Å². The number of rotatable bonds is 6. The van der Waals surface area contributed by atoms with Crippen LogP contribution in [0.4, 0.5) is 22.7 Å². The Hall–Kier alpha value is -5.22. The molecule has 230 valence electrons. The van der Waals surface area contributed by atoms with Crippen LogP contribution in [0.25, 0.3) is 43.8 Å². The molecule has 0 spiro atoms. The van der Waals surface area contributed by atoms with E-state index in [1.54, 1.807) is 14.2 Å². The molecule has 0 N–H and O–H groups in total. The summed E-state index contributed by atoms with van der Waals surface area (Å²) in [4.78, 5) is 0. The molecule has 7 aromatic rings. The Morgan fingerprint density at radius 3 is 1.21 bits per heavy atom. The van der Waals surface area contributed by atoms with Gasteiger partial charge in [-0.2, -0.15) is 0 Å². The van der Waals surface area contributed by atoms with Crippen LogP contribution >= 0.6 is 18.0 Å². The number of anilines is 4. The van der Waals surface area contributed by atoms with Gasteiger partial charge in [0.1, 0.15) is 11.5 Å². The Morgan fingerprint density at radius 1 is 0.468 bits per heavy atom. The van der Waals surface area contributed by atoms with Crippen molar-refractivity contribution in [2.75, 3.05) is 23.6 Å². The van der Waals surface area contributed by atoms with Crippen LogP contribution in [0.15, 0.2) is 146 Å². The van der Waals surface area contributed by atoms with Crippen LogP contribution in [-0.4, -0.2) is 14.2 Å². The first kappa shape index (κ1) is 29.2. The molecule has 0 amide bonds. The van der Waals surface area contributed by atoms with Crippen LogP contribution in [0.1, 0.15) is 0 Å². The summed E-state index contributed by atoms with van der Waals surface area (Å²) >= 11 is 7.49. The van der Waals surface area contributed by atoms with Crippen LogP contribution in [0.5, 0.6) is 11.5 Å². The maximum absolute atomic E-state index is 15.5. The molecule has 0 atom stereocenters. The van der Waals surface area contributed by atoms with E-state index in [2.05, 4.69) is 36.4 Å². The molecular weight excluding hydrogens is 623 g/mol. The number of fused-ring (bicyclic) bond motifs is 3.